The van der Waals surface area contributed by atoms with Crippen molar-refractivity contribution in [3.8, 4) is 23.1 Å². The maximum Gasteiger partial charge on any atom is 0.230 e. The SMILES string of the molecule is COc1cc2c(Oc3ccc4[nH]ccc4c3)ncnc2cc1OCCN1CCN(C)CC1. The van der Waals surface area contributed by atoms with Crippen LogP contribution in [0.5, 0.6) is 23.1 Å². The van der Waals surface area contributed by atoms with Gasteiger partial charge in [-0.25, -0.2) is 9.97 Å². The number of H-pyrrole nitrogens is 1. The highest BCUT2D eigenvalue weighted by Crippen LogP contribution is 2.36. The quantitative estimate of drug-likeness (QED) is 0.478. The Hall–Kier alpha value is -3.36. The Kier molecular flexibility index (Phi) is 5.79. The van der Waals surface area contributed by atoms with Crippen molar-refractivity contribution >= 4 is 21.8 Å². The molecule has 1 N–H and O–H groups in total. The number of methoxy groups -OCH3 is 1. The number of nitrogens with one attached hydrogen (secondary N) is 1. The van der Waals surface area contributed by atoms with Crippen LogP contribution in [0.15, 0.2) is 48.9 Å². The number of aromatic amines is 1. The highest BCUT2D eigenvalue weighted by atomic mass is 16.5. The van der Waals surface area contributed by atoms with Crippen molar-refractivity contribution in [2.45, 2.75) is 0 Å². The smallest absolute Gasteiger partial charge is 0.230 e. The van der Waals surface area contributed by atoms with Gasteiger partial charge in [-0.05, 0) is 37.4 Å². The van der Waals surface area contributed by atoms with Crippen LogP contribution in [0, 0.1) is 0 Å². The zero-order valence-corrected chi connectivity index (χ0v) is 18.4. The number of benzene rings is 2. The number of likely N-dealkylation sites (N-methyl/N-ethyl adjacent to an activating group) is 1. The fourth-order valence-corrected chi connectivity index (χ4v) is 3.96. The van der Waals surface area contributed by atoms with Gasteiger partial charge in [0.15, 0.2) is 11.5 Å². The lowest BCUT2D eigenvalue weighted by Gasteiger charge is -2.32. The van der Waals surface area contributed by atoms with Crippen LogP contribution < -0.4 is 14.2 Å². The van der Waals surface area contributed by atoms with E-state index in [9.17, 15) is 0 Å². The van der Waals surface area contributed by atoms with Crippen LogP contribution in [0.1, 0.15) is 0 Å². The number of ether oxygens (including phenoxy) is 3. The number of nitrogens with zero attached hydrogens (tertiary/aromatic N) is 4. The van der Waals surface area contributed by atoms with Crippen LogP contribution in [0.2, 0.25) is 0 Å². The molecule has 0 bridgehead atoms. The van der Waals surface area contributed by atoms with Crippen LogP contribution >= 0.6 is 0 Å². The molecule has 3 heterocycles. The number of aromatic nitrogens is 3. The minimum atomic E-state index is 0.479. The maximum absolute atomic E-state index is 6.11. The maximum atomic E-state index is 6.11. The zero-order chi connectivity index (χ0) is 21.9. The minimum Gasteiger partial charge on any atom is -0.493 e. The first-order valence-electron chi connectivity index (χ1n) is 10.8. The fourth-order valence-electron chi connectivity index (χ4n) is 3.96. The van der Waals surface area contributed by atoms with E-state index in [1.807, 2.05) is 42.6 Å². The van der Waals surface area contributed by atoms with Gasteiger partial charge in [0.2, 0.25) is 5.88 Å². The van der Waals surface area contributed by atoms with Gasteiger partial charge in [0, 0.05) is 55.9 Å². The summed E-state index contributed by atoms with van der Waals surface area (Å²) >= 11 is 0. The van der Waals surface area contributed by atoms with Crippen LogP contribution in [0.4, 0.5) is 0 Å². The lowest BCUT2D eigenvalue weighted by molar-refractivity contribution is 0.133. The molecule has 0 spiro atoms. The normalized spacial score (nSPS) is 15.3. The van der Waals surface area contributed by atoms with Gasteiger partial charge >= 0.3 is 0 Å². The summed E-state index contributed by atoms with van der Waals surface area (Å²) in [6.45, 7) is 5.80. The predicted octanol–water partition coefficient (Wildman–Crippen LogP) is 3.54. The van der Waals surface area contributed by atoms with Crippen molar-refractivity contribution in [1.82, 2.24) is 24.8 Å². The fraction of sp³-hybridized carbons (Fsp3) is 0.333. The van der Waals surface area contributed by atoms with E-state index in [-0.39, 0.29) is 0 Å². The molecule has 8 nitrogen and oxygen atoms in total. The van der Waals surface area contributed by atoms with Gasteiger partial charge in [-0.1, -0.05) is 0 Å². The van der Waals surface area contributed by atoms with Crippen LogP contribution in [-0.2, 0) is 0 Å². The first kappa shape index (κ1) is 20.5. The average molecular weight is 434 g/mol. The van der Waals surface area contributed by atoms with Crippen LogP contribution in [0.3, 0.4) is 0 Å². The van der Waals surface area contributed by atoms with Gasteiger partial charge in [-0.15, -0.1) is 0 Å². The van der Waals surface area contributed by atoms with Gasteiger partial charge in [-0.2, -0.15) is 0 Å². The van der Waals surface area contributed by atoms with Crippen molar-refractivity contribution < 1.29 is 14.2 Å². The summed E-state index contributed by atoms with van der Waals surface area (Å²) in [6.07, 6.45) is 3.41. The van der Waals surface area contributed by atoms with E-state index in [0.717, 1.165) is 54.5 Å². The molecule has 1 saturated heterocycles. The van der Waals surface area contributed by atoms with E-state index in [1.165, 1.54) is 6.33 Å². The Bertz CT molecular complexity index is 1220. The van der Waals surface area contributed by atoms with E-state index >= 15 is 0 Å². The monoisotopic (exact) mass is 433 g/mol. The molecule has 1 aliphatic rings. The predicted molar refractivity (Wildman–Crippen MR) is 124 cm³/mol. The Labute approximate surface area is 186 Å². The average Bonchev–Trinajstić information content (AvgIpc) is 3.28. The molecule has 1 fully saturated rings. The summed E-state index contributed by atoms with van der Waals surface area (Å²) in [5.74, 6) is 2.50. The molecule has 0 aliphatic carbocycles. The van der Waals surface area contributed by atoms with Crippen molar-refractivity contribution in [2.75, 3.05) is 53.5 Å². The number of piperazine rings is 1. The van der Waals surface area contributed by atoms with Crippen molar-refractivity contribution in [3.05, 3.63) is 48.9 Å². The molecule has 0 saturated carbocycles. The zero-order valence-electron chi connectivity index (χ0n) is 18.4. The third kappa shape index (κ3) is 4.32. The molecule has 8 heteroatoms. The largest absolute Gasteiger partial charge is 0.493 e. The van der Waals surface area contributed by atoms with Gasteiger partial charge in [0.1, 0.15) is 18.7 Å². The molecule has 2 aromatic carbocycles. The molecule has 32 heavy (non-hydrogen) atoms. The van der Waals surface area contributed by atoms with Gasteiger partial charge in [-0.3, -0.25) is 4.90 Å². The lowest BCUT2D eigenvalue weighted by Crippen LogP contribution is -2.45. The molecule has 2 aromatic heterocycles. The summed E-state index contributed by atoms with van der Waals surface area (Å²) in [5, 5.41) is 1.85. The molecule has 0 amide bonds. The Morgan fingerprint density at radius 3 is 2.72 bits per heavy atom. The first-order valence-corrected chi connectivity index (χ1v) is 10.8. The highest BCUT2D eigenvalue weighted by Gasteiger charge is 2.16. The van der Waals surface area contributed by atoms with Crippen molar-refractivity contribution in [1.29, 1.82) is 0 Å². The summed E-state index contributed by atoms with van der Waals surface area (Å²) in [7, 11) is 3.80. The lowest BCUT2D eigenvalue weighted by atomic mass is 10.2. The summed E-state index contributed by atoms with van der Waals surface area (Å²) < 4.78 is 17.8. The van der Waals surface area contributed by atoms with Crippen LogP contribution in [-0.4, -0.2) is 78.2 Å². The van der Waals surface area contributed by atoms with Gasteiger partial charge in [0.25, 0.3) is 0 Å². The number of rotatable bonds is 7. The number of hydrogen-bond donors (Lipinski definition) is 1. The standard InChI is InChI=1S/C24H27N5O3/c1-28-7-9-29(10-8-28)11-12-31-23-15-21-19(14-22(23)30-2)24(27-16-26-21)32-18-3-4-20-17(13-18)5-6-25-20/h3-6,13-16,25H,7-12H2,1-2H3. The third-order valence-electron chi connectivity index (χ3n) is 5.88. The molecule has 166 valence electrons. The van der Waals surface area contributed by atoms with Crippen molar-refractivity contribution in [3.63, 3.8) is 0 Å². The first-order chi connectivity index (χ1) is 15.7. The summed E-state index contributed by atoms with van der Waals surface area (Å²) in [5.41, 5.74) is 1.80. The molecule has 4 aromatic rings. The van der Waals surface area contributed by atoms with Gasteiger partial charge < -0.3 is 24.1 Å². The Morgan fingerprint density at radius 1 is 1.00 bits per heavy atom. The third-order valence-corrected chi connectivity index (χ3v) is 5.88. The van der Waals surface area contributed by atoms with E-state index in [0.29, 0.717) is 29.7 Å². The molecule has 0 radical (unpaired) electrons. The molecular formula is C24H27N5O3. The number of fused-ring (bicyclic) bond motifs is 2. The Balaban J connectivity index is 1.34. The summed E-state index contributed by atoms with van der Waals surface area (Å²) in [6, 6.07) is 11.7. The second-order valence-corrected chi connectivity index (χ2v) is 8.02. The molecule has 1 aliphatic heterocycles. The molecule has 0 unspecified atom stereocenters. The molecule has 0 atom stereocenters. The van der Waals surface area contributed by atoms with E-state index < -0.39 is 0 Å². The molecule has 5 rings (SSSR count). The van der Waals surface area contributed by atoms with Gasteiger partial charge in [0.05, 0.1) is 18.0 Å². The van der Waals surface area contributed by atoms with E-state index in [2.05, 4.69) is 31.8 Å². The van der Waals surface area contributed by atoms with E-state index in [1.54, 1.807) is 7.11 Å². The van der Waals surface area contributed by atoms with E-state index in [4.69, 9.17) is 14.2 Å². The second-order valence-electron chi connectivity index (χ2n) is 8.02. The van der Waals surface area contributed by atoms with Crippen LogP contribution in [0.25, 0.3) is 21.8 Å². The van der Waals surface area contributed by atoms with Crippen molar-refractivity contribution in [2.24, 2.45) is 0 Å². The number of hydrogen-bond acceptors (Lipinski definition) is 7. The minimum absolute atomic E-state index is 0.479. The highest BCUT2D eigenvalue weighted by molar-refractivity contribution is 5.87. The molecular weight excluding hydrogens is 406 g/mol. The Morgan fingerprint density at radius 2 is 1.88 bits per heavy atom. The topological polar surface area (TPSA) is 75.7 Å². The second kappa shape index (κ2) is 9.02. The summed E-state index contributed by atoms with van der Waals surface area (Å²) in [4.78, 5) is 16.7.